The predicted molar refractivity (Wildman–Crippen MR) is 136 cm³/mol. The Labute approximate surface area is 207 Å². The summed E-state index contributed by atoms with van der Waals surface area (Å²) in [6.45, 7) is 4.08. The highest BCUT2D eigenvalue weighted by atomic mass is 32.2. The van der Waals surface area contributed by atoms with Gasteiger partial charge in [0.25, 0.3) is 0 Å². The molecule has 0 N–H and O–H groups in total. The first-order chi connectivity index (χ1) is 16.8. The smallest absolute Gasteiger partial charge is 0.243 e. The van der Waals surface area contributed by atoms with Crippen LogP contribution >= 0.6 is 0 Å². The summed E-state index contributed by atoms with van der Waals surface area (Å²) < 4.78 is 35.3. The van der Waals surface area contributed by atoms with Gasteiger partial charge in [0.2, 0.25) is 15.9 Å². The monoisotopic (exact) mass is 498 g/mol. The molecule has 3 aromatic rings. The lowest BCUT2D eigenvalue weighted by Gasteiger charge is -2.25. The van der Waals surface area contributed by atoms with Crippen LogP contribution in [0.1, 0.15) is 37.1 Å². The van der Waals surface area contributed by atoms with Crippen LogP contribution in [0, 0.1) is 6.92 Å². The lowest BCUT2D eigenvalue weighted by Crippen LogP contribution is -2.35. The number of piperidine rings is 1. The molecule has 35 heavy (non-hydrogen) atoms. The molecule has 1 saturated heterocycles. The number of amides is 1. The molecule has 2 aromatic carbocycles. The standard InChI is InChI=1S/C26H34N4O4S/c1-20-7-9-21(10-8-20)34-18-17-28(2)26(31)14-13-25-27-23-19-22(11-12-24(23)29(25)3)35(32,33)30-15-5-4-6-16-30/h7-12,19H,4-6,13-18H2,1-3H3. The Kier molecular flexibility index (Phi) is 7.76. The molecule has 8 nitrogen and oxygen atoms in total. The van der Waals surface area contributed by atoms with Gasteiger partial charge < -0.3 is 14.2 Å². The number of benzene rings is 2. The third kappa shape index (κ3) is 5.85. The number of fused-ring (bicyclic) bond motifs is 1. The molecule has 0 spiro atoms. The zero-order chi connectivity index (χ0) is 25.0. The first kappa shape index (κ1) is 25.2. The van der Waals surface area contributed by atoms with Crippen LogP contribution in [0.5, 0.6) is 5.75 Å². The van der Waals surface area contributed by atoms with Crippen molar-refractivity contribution < 1.29 is 17.9 Å². The van der Waals surface area contributed by atoms with E-state index in [4.69, 9.17) is 4.74 Å². The number of nitrogens with zero attached hydrogens (tertiary/aromatic N) is 4. The highest BCUT2D eigenvalue weighted by Gasteiger charge is 2.26. The number of imidazole rings is 1. The number of likely N-dealkylation sites (N-methyl/N-ethyl adjacent to an activating group) is 1. The van der Waals surface area contributed by atoms with Gasteiger partial charge in [-0.05, 0) is 50.1 Å². The second-order valence-electron chi connectivity index (χ2n) is 9.18. The van der Waals surface area contributed by atoms with E-state index in [0.717, 1.165) is 36.4 Å². The molecule has 4 rings (SSSR count). The Morgan fingerprint density at radius 3 is 2.51 bits per heavy atom. The number of ether oxygens (including phenoxy) is 1. The van der Waals surface area contributed by atoms with E-state index in [-0.39, 0.29) is 10.8 Å². The topological polar surface area (TPSA) is 84.7 Å². The maximum atomic E-state index is 13.0. The van der Waals surface area contributed by atoms with E-state index in [0.29, 0.717) is 44.6 Å². The summed E-state index contributed by atoms with van der Waals surface area (Å²) >= 11 is 0. The molecule has 188 valence electrons. The van der Waals surface area contributed by atoms with Crippen molar-refractivity contribution in [3.63, 3.8) is 0 Å². The predicted octanol–water partition coefficient (Wildman–Crippen LogP) is 3.53. The Balaban J connectivity index is 1.35. The first-order valence-corrected chi connectivity index (χ1v) is 13.6. The quantitative estimate of drug-likeness (QED) is 0.451. The van der Waals surface area contributed by atoms with Crippen LogP contribution < -0.4 is 4.74 Å². The van der Waals surface area contributed by atoms with Crippen LogP contribution in [-0.2, 0) is 28.3 Å². The van der Waals surface area contributed by atoms with Crippen LogP contribution in [0.2, 0.25) is 0 Å². The minimum absolute atomic E-state index is 0.0120. The van der Waals surface area contributed by atoms with Gasteiger partial charge in [-0.25, -0.2) is 13.4 Å². The molecule has 0 radical (unpaired) electrons. The number of sulfonamides is 1. The first-order valence-electron chi connectivity index (χ1n) is 12.1. The minimum atomic E-state index is -3.51. The summed E-state index contributed by atoms with van der Waals surface area (Å²) in [7, 11) is 0.153. The fraction of sp³-hybridized carbons (Fsp3) is 0.462. The van der Waals surface area contributed by atoms with Crippen molar-refractivity contribution in [1.82, 2.24) is 18.8 Å². The largest absolute Gasteiger partial charge is 0.492 e. The van der Waals surface area contributed by atoms with Crippen LogP contribution in [0.4, 0.5) is 0 Å². The number of aromatic nitrogens is 2. The molecule has 1 aliphatic rings. The van der Waals surface area contributed by atoms with Gasteiger partial charge in [0.05, 0.1) is 22.5 Å². The van der Waals surface area contributed by atoms with Crippen LogP contribution in [0.25, 0.3) is 11.0 Å². The molecule has 1 aromatic heterocycles. The van der Waals surface area contributed by atoms with Crippen molar-refractivity contribution in [1.29, 1.82) is 0 Å². The van der Waals surface area contributed by atoms with Gasteiger partial charge in [0.1, 0.15) is 18.2 Å². The molecule has 1 fully saturated rings. The summed E-state index contributed by atoms with van der Waals surface area (Å²) in [4.78, 5) is 19.2. The van der Waals surface area contributed by atoms with Gasteiger partial charge >= 0.3 is 0 Å². The zero-order valence-corrected chi connectivity index (χ0v) is 21.6. The maximum Gasteiger partial charge on any atom is 0.243 e. The SMILES string of the molecule is Cc1ccc(OCCN(C)C(=O)CCc2nc3cc(S(=O)(=O)N4CCCCC4)ccc3n2C)cc1. The van der Waals surface area contributed by atoms with Crippen molar-refractivity contribution in [3.05, 3.63) is 53.9 Å². The van der Waals surface area contributed by atoms with E-state index in [2.05, 4.69) is 4.98 Å². The van der Waals surface area contributed by atoms with Crippen molar-refractivity contribution in [2.75, 3.05) is 33.3 Å². The third-order valence-corrected chi connectivity index (χ3v) is 8.50. The summed E-state index contributed by atoms with van der Waals surface area (Å²) in [6, 6.07) is 12.9. The Bertz CT molecular complexity index is 1280. The number of rotatable bonds is 9. The van der Waals surface area contributed by atoms with Crippen molar-refractivity contribution in [2.45, 2.75) is 43.9 Å². The zero-order valence-electron chi connectivity index (χ0n) is 20.7. The summed E-state index contributed by atoms with van der Waals surface area (Å²) in [5, 5.41) is 0. The average Bonchev–Trinajstić information content (AvgIpc) is 3.19. The van der Waals surface area contributed by atoms with Crippen LogP contribution in [-0.4, -0.2) is 66.4 Å². The number of aryl methyl sites for hydroxylation is 3. The van der Waals surface area contributed by atoms with E-state index >= 15 is 0 Å². The number of carbonyl (C=O) groups is 1. The summed E-state index contributed by atoms with van der Waals surface area (Å²) in [6.07, 6.45) is 3.66. The molecule has 9 heteroatoms. The van der Waals surface area contributed by atoms with Crippen molar-refractivity contribution in [2.24, 2.45) is 7.05 Å². The third-order valence-electron chi connectivity index (χ3n) is 6.60. The van der Waals surface area contributed by atoms with E-state index in [1.807, 2.05) is 42.8 Å². The van der Waals surface area contributed by atoms with Gasteiger partial charge in [0, 0.05) is 40.0 Å². The van der Waals surface area contributed by atoms with Crippen molar-refractivity contribution in [3.8, 4) is 5.75 Å². The van der Waals surface area contributed by atoms with Crippen molar-refractivity contribution >= 4 is 27.0 Å². The van der Waals surface area contributed by atoms with Crippen LogP contribution in [0.3, 0.4) is 0 Å². The maximum absolute atomic E-state index is 13.0. The molecule has 0 aliphatic carbocycles. The van der Waals surface area contributed by atoms with E-state index in [9.17, 15) is 13.2 Å². The van der Waals surface area contributed by atoms with Gasteiger partial charge in [-0.3, -0.25) is 4.79 Å². The highest BCUT2D eigenvalue weighted by Crippen LogP contribution is 2.25. The summed E-state index contributed by atoms with van der Waals surface area (Å²) in [5.74, 6) is 1.56. The lowest BCUT2D eigenvalue weighted by molar-refractivity contribution is -0.130. The molecular weight excluding hydrogens is 464 g/mol. The molecule has 1 amide bonds. The van der Waals surface area contributed by atoms with Gasteiger partial charge in [-0.1, -0.05) is 24.1 Å². The minimum Gasteiger partial charge on any atom is -0.492 e. The van der Waals surface area contributed by atoms with E-state index in [1.54, 1.807) is 34.5 Å². The van der Waals surface area contributed by atoms with Gasteiger partial charge in [-0.15, -0.1) is 0 Å². The molecule has 2 heterocycles. The normalized spacial score (nSPS) is 14.8. The second-order valence-corrected chi connectivity index (χ2v) is 11.1. The molecule has 0 bridgehead atoms. The van der Waals surface area contributed by atoms with Crippen LogP contribution in [0.15, 0.2) is 47.4 Å². The second kappa shape index (κ2) is 10.8. The fourth-order valence-corrected chi connectivity index (χ4v) is 5.87. The Morgan fingerprint density at radius 1 is 1.09 bits per heavy atom. The number of hydrogen-bond donors (Lipinski definition) is 0. The Morgan fingerprint density at radius 2 is 1.80 bits per heavy atom. The van der Waals surface area contributed by atoms with Gasteiger partial charge in [-0.2, -0.15) is 4.31 Å². The molecule has 0 saturated carbocycles. The molecule has 0 unspecified atom stereocenters. The average molecular weight is 499 g/mol. The molecular formula is C26H34N4O4S. The fourth-order valence-electron chi connectivity index (χ4n) is 4.34. The summed E-state index contributed by atoms with van der Waals surface area (Å²) in [5.41, 5.74) is 2.66. The highest BCUT2D eigenvalue weighted by molar-refractivity contribution is 7.89. The Hall–Kier alpha value is -2.91. The molecule has 1 aliphatic heterocycles. The number of hydrogen-bond acceptors (Lipinski definition) is 5. The lowest BCUT2D eigenvalue weighted by atomic mass is 10.2. The molecule has 0 atom stereocenters. The van der Waals surface area contributed by atoms with E-state index in [1.165, 1.54) is 5.56 Å². The number of carbonyl (C=O) groups excluding carboxylic acids is 1. The van der Waals surface area contributed by atoms with Gasteiger partial charge in [0.15, 0.2) is 0 Å². The van der Waals surface area contributed by atoms with E-state index < -0.39 is 10.0 Å².